The van der Waals surface area contributed by atoms with Crippen molar-refractivity contribution in [3.8, 4) is 17.2 Å². The third-order valence-corrected chi connectivity index (χ3v) is 4.47. The largest absolute Gasteiger partial charge is 0.488 e. The Morgan fingerprint density at radius 3 is 2.36 bits per heavy atom. The molecular weight excluding hydrogens is 356 g/mol. The third kappa shape index (κ3) is 4.84. The monoisotopic (exact) mass is 382 g/mol. The Morgan fingerprint density at radius 2 is 1.79 bits per heavy atom. The molecule has 2 aromatic carbocycles. The summed E-state index contributed by atoms with van der Waals surface area (Å²) in [6.45, 7) is 7.84. The number of carbonyl (C=O) groups is 1. The van der Waals surface area contributed by atoms with Crippen LogP contribution in [-0.2, 0) is 4.74 Å². The molecule has 3 rings (SSSR count). The van der Waals surface area contributed by atoms with E-state index in [1.54, 1.807) is 43.5 Å². The van der Waals surface area contributed by atoms with Gasteiger partial charge in [-0.2, -0.15) is 0 Å². The Bertz CT molecular complexity index is 844. The molecule has 0 saturated carbocycles. The minimum Gasteiger partial charge on any atom is -0.488 e. The molecule has 148 valence electrons. The van der Waals surface area contributed by atoms with Gasteiger partial charge in [0.2, 0.25) is 0 Å². The average molecular weight is 382 g/mol. The van der Waals surface area contributed by atoms with Gasteiger partial charge in [-0.05, 0) is 49.7 Å². The highest BCUT2D eigenvalue weighted by Gasteiger charge is 2.21. The van der Waals surface area contributed by atoms with Crippen LogP contribution < -0.4 is 15.2 Å². The SMILES string of the molecule is C=C(N)c1cc(Oc2ccc(C(=O)N3CCC3)cc2)cc(OC(C)COC)c1. The lowest BCUT2D eigenvalue weighted by Crippen LogP contribution is -2.41. The Labute approximate surface area is 165 Å². The first-order chi connectivity index (χ1) is 13.5. The minimum absolute atomic E-state index is 0.0574. The fourth-order valence-corrected chi connectivity index (χ4v) is 2.89. The molecule has 2 N–H and O–H groups in total. The van der Waals surface area contributed by atoms with E-state index in [0.717, 1.165) is 25.1 Å². The number of rotatable bonds is 8. The third-order valence-electron chi connectivity index (χ3n) is 4.47. The van der Waals surface area contributed by atoms with Crippen LogP contribution in [0.15, 0.2) is 49.0 Å². The number of nitrogens with two attached hydrogens (primary N) is 1. The summed E-state index contributed by atoms with van der Waals surface area (Å²) in [7, 11) is 1.63. The highest BCUT2D eigenvalue weighted by atomic mass is 16.5. The van der Waals surface area contributed by atoms with E-state index in [0.29, 0.717) is 35.1 Å². The lowest BCUT2D eigenvalue weighted by molar-refractivity contribution is 0.0652. The Balaban J connectivity index is 1.75. The molecule has 1 saturated heterocycles. The molecule has 1 atom stereocenters. The van der Waals surface area contributed by atoms with Crippen molar-refractivity contribution in [2.24, 2.45) is 5.73 Å². The first-order valence-electron chi connectivity index (χ1n) is 9.29. The molecule has 1 heterocycles. The van der Waals surface area contributed by atoms with Gasteiger partial charge in [-0.25, -0.2) is 0 Å². The van der Waals surface area contributed by atoms with Gasteiger partial charge in [0.15, 0.2) is 0 Å². The molecule has 0 bridgehead atoms. The van der Waals surface area contributed by atoms with Gasteiger partial charge in [0.1, 0.15) is 23.4 Å². The second-order valence-electron chi connectivity index (χ2n) is 6.87. The number of likely N-dealkylation sites (tertiary alicyclic amines) is 1. The highest BCUT2D eigenvalue weighted by molar-refractivity contribution is 5.94. The molecule has 6 heteroatoms. The molecular formula is C22H26N2O4. The van der Waals surface area contributed by atoms with E-state index in [4.69, 9.17) is 19.9 Å². The second-order valence-corrected chi connectivity index (χ2v) is 6.87. The number of carbonyl (C=O) groups excluding carboxylic acids is 1. The van der Waals surface area contributed by atoms with Crippen LogP contribution >= 0.6 is 0 Å². The van der Waals surface area contributed by atoms with Crippen molar-refractivity contribution in [2.45, 2.75) is 19.4 Å². The topological polar surface area (TPSA) is 74.0 Å². The van der Waals surface area contributed by atoms with Crippen LogP contribution in [0.5, 0.6) is 17.2 Å². The van der Waals surface area contributed by atoms with E-state index >= 15 is 0 Å². The molecule has 2 aromatic rings. The van der Waals surface area contributed by atoms with Gasteiger partial charge < -0.3 is 24.8 Å². The Hall–Kier alpha value is -2.99. The Kier molecular flexibility index (Phi) is 6.21. The molecule has 1 fully saturated rings. The summed E-state index contributed by atoms with van der Waals surface area (Å²) in [5.74, 6) is 1.87. The number of methoxy groups -OCH3 is 1. The van der Waals surface area contributed by atoms with Gasteiger partial charge in [-0.3, -0.25) is 4.79 Å². The van der Waals surface area contributed by atoms with Crippen LogP contribution in [0.1, 0.15) is 29.3 Å². The van der Waals surface area contributed by atoms with E-state index in [-0.39, 0.29) is 12.0 Å². The lowest BCUT2D eigenvalue weighted by Gasteiger charge is -2.30. The van der Waals surface area contributed by atoms with Crippen molar-refractivity contribution >= 4 is 11.6 Å². The molecule has 0 aliphatic carbocycles. The fourth-order valence-electron chi connectivity index (χ4n) is 2.89. The van der Waals surface area contributed by atoms with Crippen LogP contribution in [0.4, 0.5) is 0 Å². The van der Waals surface area contributed by atoms with E-state index in [1.165, 1.54) is 0 Å². The summed E-state index contributed by atoms with van der Waals surface area (Å²) in [6, 6.07) is 12.5. The quantitative estimate of drug-likeness (QED) is 0.754. The smallest absolute Gasteiger partial charge is 0.253 e. The van der Waals surface area contributed by atoms with E-state index in [1.807, 2.05) is 17.9 Å². The van der Waals surface area contributed by atoms with Crippen molar-refractivity contribution in [1.82, 2.24) is 4.90 Å². The van der Waals surface area contributed by atoms with Crippen LogP contribution in [0.25, 0.3) is 5.70 Å². The summed E-state index contributed by atoms with van der Waals surface area (Å²) in [6.07, 6.45) is 0.953. The second kappa shape index (κ2) is 8.80. The number of amides is 1. The van der Waals surface area contributed by atoms with Crippen molar-refractivity contribution in [3.05, 3.63) is 60.2 Å². The first kappa shape index (κ1) is 19.8. The zero-order valence-corrected chi connectivity index (χ0v) is 16.3. The molecule has 6 nitrogen and oxygen atoms in total. The van der Waals surface area contributed by atoms with Gasteiger partial charge >= 0.3 is 0 Å². The number of hydrogen-bond donors (Lipinski definition) is 1. The average Bonchev–Trinajstić information content (AvgIpc) is 2.60. The molecule has 0 aromatic heterocycles. The van der Waals surface area contributed by atoms with E-state index in [9.17, 15) is 4.79 Å². The van der Waals surface area contributed by atoms with Crippen molar-refractivity contribution < 1.29 is 19.0 Å². The zero-order valence-electron chi connectivity index (χ0n) is 16.3. The van der Waals surface area contributed by atoms with Gasteiger partial charge in [0.05, 0.1) is 6.61 Å². The van der Waals surface area contributed by atoms with E-state index < -0.39 is 0 Å². The molecule has 0 spiro atoms. The Morgan fingerprint density at radius 1 is 1.11 bits per heavy atom. The van der Waals surface area contributed by atoms with Crippen molar-refractivity contribution in [3.63, 3.8) is 0 Å². The molecule has 28 heavy (non-hydrogen) atoms. The number of benzene rings is 2. The summed E-state index contributed by atoms with van der Waals surface area (Å²) in [5.41, 5.74) is 7.67. The normalized spacial score (nSPS) is 14.1. The van der Waals surface area contributed by atoms with Crippen molar-refractivity contribution in [2.75, 3.05) is 26.8 Å². The maximum absolute atomic E-state index is 12.3. The molecule has 1 aliphatic heterocycles. The maximum atomic E-state index is 12.3. The summed E-state index contributed by atoms with van der Waals surface area (Å²) < 4.78 is 16.9. The maximum Gasteiger partial charge on any atom is 0.253 e. The summed E-state index contributed by atoms with van der Waals surface area (Å²) in [5, 5.41) is 0. The van der Waals surface area contributed by atoms with Crippen molar-refractivity contribution in [1.29, 1.82) is 0 Å². The van der Waals surface area contributed by atoms with E-state index in [2.05, 4.69) is 6.58 Å². The highest BCUT2D eigenvalue weighted by Crippen LogP contribution is 2.30. The molecule has 1 unspecified atom stereocenters. The predicted molar refractivity (Wildman–Crippen MR) is 109 cm³/mol. The van der Waals surface area contributed by atoms with Crippen LogP contribution in [0.3, 0.4) is 0 Å². The van der Waals surface area contributed by atoms with Gasteiger partial charge in [0.25, 0.3) is 5.91 Å². The van der Waals surface area contributed by atoms with Crippen LogP contribution in [-0.4, -0.2) is 43.7 Å². The van der Waals surface area contributed by atoms with Gasteiger partial charge in [-0.1, -0.05) is 6.58 Å². The fraction of sp³-hybridized carbons (Fsp3) is 0.318. The molecule has 1 aliphatic rings. The number of nitrogens with zero attached hydrogens (tertiary/aromatic N) is 1. The summed E-state index contributed by atoms with van der Waals surface area (Å²) >= 11 is 0. The summed E-state index contributed by atoms with van der Waals surface area (Å²) in [4.78, 5) is 14.1. The van der Waals surface area contributed by atoms with Crippen LogP contribution in [0.2, 0.25) is 0 Å². The van der Waals surface area contributed by atoms with Crippen LogP contribution in [0, 0.1) is 0 Å². The zero-order chi connectivity index (χ0) is 20.1. The molecule has 1 amide bonds. The predicted octanol–water partition coefficient (Wildman–Crippen LogP) is 3.67. The lowest BCUT2D eigenvalue weighted by atomic mass is 10.1. The number of hydrogen-bond acceptors (Lipinski definition) is 5. The van der Waals surface area contributed by atoms with Gasteiger partial charge in [0, 0.05) is 43.1 Å². The minimum atomic E-state index is -0.119. The standard InChI is InChI=1S/C22H26N2O4/c1-15(14-26-3)27-20-11-18(16(2)23)12-21(13-20)28-19-7-5-17(6-8-19)22(25)24-9-4-10-24/h5-8,11-13,15H,2,4,9-10,14,23H2,1,3H3. The number of ether oxygens (including phenoxy) is 3. The van der Waals surface area contributed by atoms with Gasteiger partial charge in [-0.15, -0.1) is 0 Å². The first-order valence-corrected chi connectivity index (χ1v) is 9.29. The molecule has 0 radical (unpaired) electrons.